The van der Waals surface area contributed by atoms with Gasteiger partial charge in [0.15, 0.2) is 5.11 Å². The van der Waals surface area contributed by atoms with Crippen molar-refractivity contribution in [1.29, 1.82) is 0 Å². The van der Waals surface area contributed by atoms with Crippen molar-refractivity contribution in [3.05, 3.63) is 101 Å². The summed E-state index contributed by atoms with van der Waals surface area (Å²) in [4.78, 5) is 17.5. The van der Waals surface area contributed by atoms with E-state index in [1.54, 1.807) is 65.7 Å². The molecule has 3 heterocycles. The molecule has 0 amide bonds. The fourth-order valence-electron chi connectivity index (χ4n) is 4.54. The Bertz CT molecular complexity index is 1660. The molecule has 0 saturated carbocycles. The van der Waals surface area contributed by atoms with E-state index >= 15 is 0 Å². The van der Waals surface area contributed by atoms with Crippen molar-refractivity contribution in [2.45, 2.75) is 12.1 Å². The van der Waals surface area contributed by atoms with Gasteiger partial charge in [-0.15, -0.1) is 0 Å². The highest BCUT2D eigenvalue weighted by Crippen LogP contribution is 2.45. The summed E-state index contributed by atoms with van der Waals surface area (Å²) in [6.07, 6.45) is 2.72. The van der Waals surface area contributed by atoms with Gasteiger partial charge in [-0.1, -0.05) is 18.2 Å². The van der Waals surface area contributed by atoms with E-state index in [1.807, 2.05) is 12.1 Å². The number of nitrogens with zero attached hydrogens (tertiary/aromatic N) is 3. The summed E-state index contributed by atoms with van der Waals surface area (Å²) in [6, 6.07) is 19.3. The van der Waals surface area contributed by atoms with E-state index in [0.717, 1.165) is 6.26 Å². The monoisotopic (exact) mass is 565 g/mol. The van der Waals surface area contributed by atoms with E-state index < -0.39 is 27.0 Å². The molecule has 2 aromatic carbocycles. The Labute approximate surface area is 229 Å². The minimum absolute atomic E-state index is 0.0803. The van der Waals surface area contributed by atoms with E-state index in [4.69, 9.17) is 21.4 Å². The number of nitro benzene ring substituents is 1. The first kappa shape index (κ1) is 26.1. The number of benzene rings is 2. The number of aromatic nitrogens is 1. The van der Waals surface area contributed by atoms with Crippen LogP contribution in [-0.4, -0.2) is 36.8 Å². The van der Waals surface area contributed by atoms with Crippen molar-refractivity contribution < 1.29 is 22.5 Å². The van der Waals surface area contributed by atoms with Gasteiger partial charge in [0.05, 0.1) is 41.3 Å². The molecule has 0 bridgehead atoms. The molecule has 5 rings (SSSR count). The zero-order valence-electron chi connectivity index (χ0n) is 20.8. The van der Waals surface area contributed by atoms with Crippen LogP contribution in [0.4, 0.5) is 17.1 Å². The number of hydrogen-bond donors (Lipinski definition) is 2. The summed E-state index contributed by atoms with van der Waals surface area (Å²) in [5.74, 6) is 1.13. The maximum Gasteiger partial charge on any atom is 0.280 e. The van der Waals surface area contributed by atoms with Crippen LogP contribution in [0.3, 0.4) is 0 Å². The smallest absolute Gasteiger partial charge is 0.280 e. The Balaban J connectivity index is 1.63. The highest BCUT2D eigenvalue weighted by Gasteiger charge is 2.43. The molecule has 2 aromatic heterocycles. The molecule has 1 aliphatic rings. The molecule has 4 aromatic rings. The Hall–Kier alpha value is -4.49. The standard InChI is InChI=1S/C26H23N5O6S2/c1-36-22-11-10-16(15-19(22)29-39(2,34)35)30-25(24(28-26(30)38)18-8-5-6-14-27-18)23-13-12-21(37-23)17-7-3-4-9-20(17)31(32)33/h3-15,24-25,29H,1-2H3,(H,28,38)/t24-,25-/m1/s1. The quantitative estimate of drug-likeness (QED) is 0.174. The minimum atomic E-state index is -3.60. The molecular formula is C26H23N5O6S2. The number of nitrogens with one attached hydrogen (secondary N) is 2. The number of methoxy groups -OCH3 is 1. The van der Waals surface area contributed by atoms with Crippen molar-refractivity contribution >= 4 is 44.4 Å². The molecule has 0 unspecified atom stereocenters. The van der Waals surface area contributed by atoms with Crippen molar-refractivity contribution in [2.24, 2.45) is 0 Å². The minimum Gasteiger partial charge on any atom is -0.495 e. The maximum atomic E-state index is 12.0. The van der Waals surface area contributed by atoms with Crippen molar-refractivity contribution in [2.75, 3.05) is 23.0 Å². The number of thiocarbonyl (C=S) groups is 1. The lowest BCUT2D eigenvalue weighted by atomic mass is 10.0. The number of nitro groups is 1. The molecule has 0 aliphatic carbocycles. The van der Waals surface area contributed by atoms with Gasteiger partial charge in [0, 0.05) is 18.0 Å². The lowest BCUT2D eigenvalue weighted by molar-refractivity contribution is -0.384. The van der Waals surface area contributed by atoms with Crippen LogP contribution in [0.2, 0.25) is 0 Å². The summed E-state index contributed by atoms with van der Waals surface area (Å²) >= 11 is 5.73. The third-order valence-electron chi connectivity index (χ3n) is 6.14. The first-order valence-electron chi connectivity index (χ1n) is 11.7. The van der Waals surface area contributed by atoms with E-state index in [9.17, 15) is 18.5 Å². The number of anilines is 2. The SMILES string of the molecule is COc1ccc(N2C(=S)N[C@H](c3ccccn3)[C@H]2c2ccc(-c3ccccc3[N+](=O)[O-])o2)cc1NS(C)(=O)=O. The zero-order chi connectivity index (χ0) is 27.7. The van der Waals surface area contributed by atoms with E-state index in [2.05, 4.69) is 15.0 Å². The number of furan rings is 1. The highest BCUT2D eigenvalue weighted by molar-refractivity contribution is 7.92. The summed E-state index contributed by atoms with van der Waals surface area (Å²) < 4.78 is 38.1. The third-order valence-corrected chi connectivity index (χ3v) is 7.04. The Kier molecular flexibility index (Phi) is 6.93. The molecule has 2 atom stereocenters. The molecule has 2 N–H and O–H groups in total. The van der Waals surface area contributed by atoms with Gasteiger partial charge in [0.1, 0.15) is 23.3 Å². The van der Waals surface area contributed by atoms with Crippen LogP contribution < -0.4 is 19.7 Å². The van der Waals surface area contributed by atoms with Crippen molar-refractivity contribution in [1.82, 2.24) is 10.3 Å². The van der Waals surface area contributed by atoms with Crippen LogP contribution >= 0.6 is 12.2 Å². The predicted molar refractivity (Wildman–Crippen MR) is 150 cm³/mol. The second kappa shape index (κ2) is 10.3. The van der Waals surface area contributed by atoms with Crippen LogP contribution in [0.1, 0.15) is 23.5 Å². The number of hydrogen-bond acceptors (Lipinski definition) is 8. The average Bonchev–Trinajstić information content (AvgIpc) is 3.53. The fraction of sp³-hybridized carbons (Fsp3) is 0.154. The van der Waals surface area contributed by atoms with E-state index in [1.165, 1.54) is 13.2 Å². The molecule has 1 saturated heterocycles. The lowest BCUT2D eigenvalue weighted by Crippen LogP contribution is -2.29. The maximum absolute atomic E-state index is 12.0. The summed E-state index contributed by atoms with van der Waals surface area (Å²) in [7, 11) is -2.16. The average molecular weight is 566 g/mol. The van der Waals surface area contributed by atoms with E-state index in [0.29, 0.717) is 39.3 Å². The Morgan fingerprint density at radius 1 is 1.13 bits per heavy atom. The van der Waals surface area contributed by atoms with Gasteiger partial charge in [-0.05, 0) is 60.7 Å². The third kappa shape index (κ3) is 5.26. The zero-order valence-corrected chi connectivity index (χ0v) is 22.4. The number of pyridine rings is 1. The van der Waals surface area contributed by atoms with E-state index in [-0.39, 0.29) is 11.4 Å². The molecule has 1 aliphatic heterocycles. The predicted octanol–water partition coefficient (Wildman–Crippen LogP) is 4.81. The highest BCUT2D eigenvalue weighted by atomic mass is 32.2. The fourth-order valence-corrected chi connectivity index (χ4v) is 5.45. The van der Waals surface area contributed by atoms with Gasteiger partial charge < -0.3 is 19.4 Å². The largest absolute Gasteiger partial charge is 0.495 e. The van der Waals surface area contributed by atoms with Crippen LogP contribution in [0.25, 0.3) is 11.3 Å². The van der Waals surface area contributed by atoms with Crippen LogP contribution in [-0.2, 0) is 10.0 Å². The number of sulfonamides is 1. The first-order chi connectivity index (χ1) is 18.7. The van der Waals surface area contributed by atoms with Gasteiger partial charge in [-0.25, -0.2) is 8.42 Å². The van der Waals surface area contributed by atoms with Crippen LogP contribution in [0.15, 0.2) is 83.4 Å². The number of para-hydroxylation sites is 1. The molecule has 0 radical (unpaired) electrons. The topological polar surface area (TPSA) is 140 Å². The summed E-state index contributed by atoms with van der Waals surface area (Å²) in [5, 5.41) is 15.3. The lowest BCUT2D eigenvalue weighted by Gasteiger charge is -2.27. The molecular weight excluding hydrogens is 542 g/mol. The molecule has 0 spiro atoms. The summed E-state index contributed by atoms with van der Waals surface area (Å²) in [6.45, 7) is 0. The van der Waals surface area contributed by atoms with Gasteiger partial charge in [0.25, 0.3) is 5.69 Å². The molecule has 1 fully saturated rings. The Morgan fingerprint density at radius 3 is 2.59 bits per heavy atom. The van der Waals surface area contributed by atoms with Gasteiger partial charge in [0.2, 0.25) is 10.0 Å². The second-order valence-corrected chi connectivity index (χ2v) is 10.9. The van der Waals surface area contributed by atoms with Gasteiger partial charge in [-0.2, -0.15) is 0 Å². The van der Waals surface area contributed by atoms with Crippen LogP contribution in [0, 0.1) is 10.1 Å². The number of ether oxygens (including phenoxy) is 1. The first-order valence-corrected chi connectivity index (χ1v) is 14.0. The van der Waals surface area contributed by atoms with Crippen molar-refractivity contribution in [3.8, 4) is 17.1 Å². The summed E-state index contributed by atoms with van der Waals surface area (Å²) in [5.41, 5.74) is 1.75. The van der Waals surface area contributed by atoms with Crippen LogP contribution in [0.5, 0.6) is 5.75 Å². The van der Waals surface area contributed by atoms with Gasteiger partial charge >= 0.3 is 0 Å². The molecule has 39 heavy (non-hydrogen) atoms. The normalized spacial score (nSPS) is 17.1. The Morgan fingerprint density at radius 2 is 1.90 bits per heavy atom. The van der Waals surface area contributed by atoms with Gasteiger partial charge in [-0.3, -0.25) is 19.8 Å². The molecule has 200 valence electrons. The molecule has 13 heteroatoms. The number of rotatable bonds is 8. The van der Waals surface area contributed by atoms with Crippen molar-refractivity contribution in [3.63, 3.8) is 0 Å². The molecule has 11 nitrogen and oxygen atoms in total. The second-order valence-electron chi connectivity index (χ2n) is 8.73.